The third-order valence-corrected chi connectivity index (χ3v) is 6.30. The van der Waals surface area contributed by atoms with E-state index < -0.39 is 10.0 Å². The van der Waals surface area contributed by atoms with Crippen molar-refractivity contribution < 1.29 is 13.2 Å². The van der Waals surface area contributed by atoms with Crippen LogP contribution in [0.3, 0.4) is 0 Å². The highest BCUT2D eigenvalue weighted by Crippen LogP contribution is 2.26. The third-order valence-electron chi connectivity index (χ3n) is 3.69. The average Bonchev–Trinajstić information content (AvgIpc) is 2.90. The largest absolute Gasteiger partial charge is 0.322 e. The Hall–Kier alpha value is -1.76. The van der Waals surface area contributed by atoms with E-state index in [-0.39, 0.29) is 11.7 Å². The first-order valence-corrected chi connectivity index (χ1v) is 9.60. The number of rotatable bonds is 3. The van der Waals surface area contributed by atoms with Crippen LogP contribution in [0.1, 0.15) is 16.8 Å². The molecule has 1 saturated heterocycles. The molecule has 1 aliphatic heterocycles. The fourth-order valence-electron chi connectivity index (χ4n) is 2.48. The van der Waals surface area contributed by atoms with Crippen LogP contribution in [-0.4, -0.2) is 26.6 Å². The monoisotopic (exact) mass is 384 g/mol. The smallest absolute Gasteiger partial charge is 0.255 e. The van der Waals surface area contributed by atoms with Crippen LogP contribution in [0.4, 0.5) is 11.4 Å². The highest BCUT2D eigenvalue weighted by Gasteiger charge is 2.28. The number of sulfonamides is 1. The number of nitrogens with one attached hydrogen (secondary N) is 1. The van der Waals surface area contributed by atoms with E-state index in [0.717, 1.165) is 0 Å². The molecule has 0 atom stereocenters. The minimum atomic E-state index is -3.21. The number of amides is 1. The topological polar surface area (TPSA) is 66.5 Å². The lowest BCUT2D eigenvalue weighted by Crippen LogP contribution is -2.24. The lowest BCUT2D eigenvalue weighted by atomic mass is 10.2. The summed E-state index contributed by atoms with van der Waals surface area (Å²) in [4.78, 5) is 12.2. The molecular formula is C16H14Cl2N2O3S. The summed E-state index contributed by atoms with van der Waals surface area (Å²) in [5.41, 5.74) is 1.54. The van der Waals surface area contributed by atoms with Crippen molar-refractivity contribution in [2.45, 2.75) is 6.42 Å². The zero-order chi connectivity index (χ0) is 17.3. The molecule has 0 aliphatic carbocycles. The second-order valence-electron chi connectivity index (χ2n) is 5.37. The molecule has 0 spiro atoms. The van der Waals surface area contributed by atoms with Crippen LogP contribution in [-0.2, 0) is 10.0 Å². The number of nitrogens with zero attached hydrogens (tertiary/aromatic N) is 1. The molecule has 1 N–H and O–H groups in total. The number of hydrogen-bond donors (Lipinski definition) is 1. The van der Waals surface area contributed by atoms with Gasteiger partial charge in [-0.3, -0.25) is 9.10 Å². The molecule has 8 heteroatoms. The van der Waals surface area contributed by atoms with E-state index in [2.05, 4.69) is 5.32 Å². The normalized spacial score (nSPS) is 16.2. The van der Waals surface area contributed by atoms with Crippen LogP contribution in [0.2, 0.25) is 10.0 Å². The Bertz CT molecular complexity index is 883. The molecule has 1 amide bonds. The molecule has 126 valence electrons. The van der Waals surface area contributed by atoms with E-state index in [1.807, 2.05) is 0 Å². The van der Waals surface area contributed by atoms with E-state index in [0.29, 0.717) is 39.9 Å². The highest BCUT2D eigenvalue weighted by molar-refractivity contribution is 7.93. The molecule has 1 aliphatic rings. The van der Waals surface area contributed by atoms with Gasteiger partial charge in [0, 0.05) is 17.8 Å². The number of hydrogen-bond acceptors (Lipinski definition) is 3. The summed E-state index contributed by atoms with van der Waals surface area (Å²) in [7, 11) is -3.21. The SMILES string of the molecule is O=C(Nc1ccc(N2CCCS2(=O)=O)cc1)c1ccc(Cl)c(Cl)c1. The van der Waals surface area contributed by atoms with Gasteiger partial charge in [-0.05, 0) is 48.9 Å². The van der Waals surface area contributed by atoms with E-state index in [9.17, 15) is 13.2 Å². The number of halogens is 2. The van der Waals surface area contributed by atoms with Gasteiger partial charge < -0.3 is 5.32 Å². The van der Waals surface area contributed by atoms with Gasteiger partial charge in [-0.1, -0.05) is 23.2 Å². The van der Waals surface area contributed by atoms with Crippen molar-refractivity contribution in [2.24, 2.45) is 0 Å². The van der Waals surface area contributed by atoms with Crippen LogP contribution in [0.15, 0.2) is 42.5 Å². The Morgan fingerprint density at radius 3 is 2.33 bits per heavy atom. The van der Waals surface area contributed by atoms with Crippen molar-refractivity contribution in [1.82, 2.24) is 0 Å². The Balaban J connectivity index is 1.74. The van der Waals surface area contributed by atoms with Gasteiger partial charge in [-0.25, -0.2) is 8.42 Å². The standard InChI is InChI=1S/C16H14Cl2N2O3S/c17-14-7-2-11(10-15(14)18)16(21)19-12-3-5-13(6-4-12)20-8-1-9-24(20,22)23/h2-7,10H,1,8-9H2,(H,19,21). The van der Waals surface area contributed by atoms with E-state index >= 15 is 0 Å². The van der Waals surface area contributed by atoms with Crippen molar-refractivity contribution in [3.05, 3.63) is 58.1 Å². The molecular weight excluding hydrogens is 371 g/mol. The van der Waals surface area contributed by atoms with Gasteiger partial charge in [0.1, 0.15) is 0 Å². The second kappa shape index (κ2) is 6.63. The minimum Gasteiger partial charge on any atom is -0.322 e. The van der Waals surface area contributed by atoms with Crippen LogP contribution < -0.4 is 9.62 Å². The Morgan fingerprint density at radius 2 is 1.75 bits per heavy atom. The molecule has 1 fully saturated rings. The van der Waals surface area contributed by atoms with Gasteiger partial charge in [-0.15, -0.1) is 0 Å². The van der Waals surface area contributed by atoms with E-state index in [1.54, 1.807) is 36.4 Å². The van der Waals surface area contributed by atoms with Gasteiger partial charge in [0.15, 0.2) is 0 Å². The molecule has 0 aromatic heterocycles. The zero-order valence-corrected chi connectivity index (χ0v) is 14.8. The minimum absolute atomic E-state index is 0.169. The predicted octanol–water partition coefficient (Wildman–Crippen LogP) is 3.79. The van der Waals surface area contributed by atoms with Gasteiger partial charge in [0.05, 0.1) is 21.5 Å². The number of benzene rings is 2. The summed E-state index contributed by atoms with van der Waals surface area (Å²) >= 11 is 11.7. The van der Waals surface area contributed by atoms with Crippen LogP contribution in [0, 0.1) is 0 Å². The maximum Gasteiger partial charge on any atom is 0.255 e. The van der Waals surface area contributed by atoms with Gasteiger partial charge >= 0.3 is 0 Å². The Labute approximate surface area is 150 Å². The number of carbonyl (C=O) groups is 1. The van der Waals surface area contributed by atoms with E-state index in [1.165, 1.54) is 10.4 Å². The molecule has 0 unspecified atom stereocenters. The highest BCUT2D eigenvalue weighted by atomic mass is 35.5. The zero-order valence-electron chi connectivity index (χ0n) is 12.5. The summed E-state index contributed by atoms with van der Waals surface area (Å²) < 4.78 is 25.2. The molecule has 0 bridgehead atoms. The summed E-state index contributed by atoms with van der Waals surface area (Å²) in [5.74, 6) is -0.155. The number of carbonyl (C=O) groups excluding carboxylic acids is 1. The van der Waals surface area contributed by atoms with Crippen molar-refractivity contribution in [1.29, 1.82) is 0 Å². The van der Waals surface area contributed by atoms with Gasteiger partial charge in [-0.2, -0.15) is 0 Å². The lowest BCUT2D eigenvalue weighted by Gasteiger charge is -2.17. The molecule has 1 heterocycles. The maximum atomic E-state index is 12.2. The number of anilines is 2. The molecule has 3 rings (SSSR count). The van der Waals surface area contributed by atoms with Gasteiger partial charge in [0.2, 0.25) is 10.0 Å². The molecule has 24 heavy (non-hydrogen) atoms. The lowest BCUT2D eigenvalue weighted by molar-refractivity contribution is 0.102. The van der Waals surface area contributed by atoms with Crippen molar-refractivity contribution in [3.63, 3.8) is 0 Å². The van der Waals surface area contributed by atoms with Crippen molar-refractivity contribution in [3.8, 4) is 0 Å². The second-order valence-corrected chi connectivity index (χ2v) is 8.20. The quantitative estimate of drug-likeness (QED) is 0.875. The van der Waals surface area contributed by atoms with Crippen molar-refractivity contribution >= 4 is 50.5 Å². The van der Waals surface area contributed by atoms with Crippen molar-refractivity contribution in [2.75, 3.05) is 21.9 Å². The first-order chi connectivity index (χ1) is 11.4. The molecule has 2 aromatic rings. The Kier molecular flexibility index (Phi) is 4.71. The van der Waals surface area contributed by atoms with Gasteiger partial charge in [0.25, 0.3) is 5.91 Å². The first-order valence-electron chi connectivity index (χ1n) is 7.24. The van der Waals surface area contributed by atoms with Crippen LogP contribution in [0.5, 0.6) is 0 Å². The summed E-state index contributed by atoms with van der Waals surface area (Å²) in [6, 6.07) is 11.3. The third kappa shape index (κ3) is 3.50. The Morgan fingerprint density at radius 1 is 1.04 bits per heavy atom. The first kappa shape index (κ1) is 17.1. The average molecular weight is 385 g/mol. The van der Waals surface area contributed by atoms with E-state index in [4.69, 9.17) is 23.2 Å². The predicted molar refractivity (Wildman–Crippen MR) is 96.6 cm³/mol. The molecule has 0 saturated carbocycles. The fraction of sp³-hybridized carbons (Fsp3) is 0.188. The summed E-state index contributed by atoms with van der Waals surface area (Å²) in [5, 5.41) is 3.42. The molecule has 0 radical (unpaired) electrons. The summed E-state index contributed by atoms with van der Waals surface area (Å²) in [6.45, 7) is 0.483. The maximum absolute atomic E-state index is 12.2. The molecule has 2 aromatic carbocycles. The summed E-state index contributed by atoms with van der Waals surface area (Å²) in [6.07, 6.45) is 0.623. The fourth-order valence-corrected chi connectivity index (χ4v) is 4.34. The van der Waals surface area contributed by atoms with Crippen LogP contribution >= 0.6 is 23.2 Å². The molecule has 5 nitrogen and oxygen atoms in total. The van der Waals surface area contributed by atoms with Crippen LogP contribution in [0.25, 0.3) is 0 Å².